The number of nitriles is 1. The van der Waals surface area contributed by atoms with E-state index >= 15 is 0 Å². The van der Waals surface area contributed by atoms with Crippen molar-refractivity contribution in [3.63, 3.8) is 0 Å². The Hall–Kier alpha value is -3.56. The Labute approximate surface area is 173 Å². The van der Waals surface area contributed by atoms with Crippen molar-refractivity contribution < 1.29 is 28.6 Å². The number of ether oxygens (including phenoxy) is 1. The predicted molar refractivity (Wildman–Crippen MR) is 101 cm³/mol. The summed E-state index contributed by atoms with van der Waals surface area (Å²) in [5.41, 5.74) is 5.21. The lowest BCUT2D eigenvalue weighted by Crippen LogP contribution is -2.44. The van der Waals surface area contributed by atoms with Gasteiger partial charge in [-0.2, -0.15) is 5.26 Å². The van der Waals surface area contributed by atoms with E-state index in [1.165, 1.54) is 24.3 Å². The number of nitrogens with one attached hydrogen (secondary N) is 1. The molecular formula is C16H14N6O8P. The van der Waals surface area contributed by atoms with Crippen LogP contribution in [-0.2, 0) is 13.8 Å². The summed E-state index contributed by atoms with van der Waals surface area (Å²) in [5, 5.41) is 32.9. The highest BCUT2D eigenvalue weighted by Crippen LogP contribution is 2.40. The molecule has 3 rings (SSSR count). The van der Waals surface area contributed by atoms with E-state index in [0.29, 0.717) is 0 Å². The molecule has 5 atom stereocenters. The summed E-state index contributed by atoms with van der Waals surface area (Å²) in [7, 11) is -2.88. The number of aliphatic hydroxyl groups excluding tert-OH is 2. The Balaban J connectivity index is 1.79. The van der Waals surface area contributed by atoms with E-state index in [2.05, 4.69) is 10.0 Å². The third kappa shape index (κ3) is 4.62. The van der Waals surface area contributed by atoms with Crippen LogP contribution < -0.4 is 15.8 Å². The second-order valence-corrected chi connectivity index (χ2v) is 7.11. The lowest BCUT2D eigenvalue weighted by molar-refractivity contribution is -0.120. The molecule has 1 fully saturated rings. The minimum Gasteiger partial charge on any atom is -0.397 e. The molecule has 0 spiro atoms. The maximum absolute atomic E-state index is 12.1. The number of hydrogen-bond acceptors (Lipinski definition) is 10. The average molecular weight is 449 g/mol. The van der Waals surface area contributed by atoms with Crippen LogP contribution in [0.3, 0.4) is 0 Å². The molecule has 0 aliphatic carbocycles. The molecule has 0 amide bonds. The number of aromatic amines is 1. The summed E-state index contributed by atoms with van der Waals surface area (Å²) < 4.78 is 28.4. The molecule has 14 nitrogen and oxygen atoms in total. The minimum atomic E-state index is -2.88. The Kier molecular flexibility index (Phi) is 6.47. The van der Waals surface area contributed by atoms with Crippen LogP contribution in [0.4, 0.5) is 0 Å². The first kappa shape index (κ1) is 22.1. The van der Waals surface area contributed by atoms with E-state index in [-0.39, 0.29) is 11.3 Å². The zero-order valence-electron chi connectivity index (χ0n) is 15.4. The second kappa shape index (κ2) is 9.07. The van der Waals surface area contributed by atoms with Gasteiger partial charge < -0.3 is 19.5 Å². The van der Waals surface area contributed by atoms with Gasteiger partial charge in [0.25, 0.3) is 5.56 Å². The average Bonchev–Trinajstić information content (AvgIpc) is 2.98. The highest BCUT2D eigenvalue weighted by Gasteiger charge is 2.55. The molecule has 1 aliphatic rings. The first-order valence-corrected chi connectivity index (χ1v) is 9.59. The molecule has 1 radical (unpaired) electrons. The summed E-state index contributed by atoms with van der Waals surface area (Å²) in [6.45, 7) is -0.822. The van der Waals surface area contributed by atoms with Gasteiger partial charge in [0, 0.05) is 17.2 Å². The molecule has 3 N–H and O–H groups in total. The van der Waals surface area contributed by atoms with Gasteiger partial charge in [0.15, 0.2) is 6.23 Å². The van der Waals surface area contributed by atoms with Crippen molar-refractivity contribution in [1.29, 1.82) is 5.26 Å². The van der Waals surface area contributed by atoms with Crippen molar-refractivity contribution >= 4 is 8.25 Å². The minimum absolute atomic E-state index is 0.0589. The van der Waals surface area contributed by atoms with Crippen LogP contribution in [0.5, 0.6) is 5.75 Å². The SMILES string of the molecule is N#Cc1cccc(O[P](=O)OC[C@@]2(N=[N+]=[N-])O[C@@H](n3ccc(=O)[nH]c3=O)[C@H](O)[C@@H]2O)c1. The van der Waals surface area contributed by atoms with Gasteiger partial charge in [0.1, 0.15) is 24.6 Å². The maximum Gasteiger partial charge on any atom is 0.429 e. The zero-order chi connectivity index (χ0) is 22.6. The number of nitrogens with zero attached hydrogens (tertiary/aromatic N) is 5. The fourth-order valence-corrected chi connectivity index (χ4v) is 3.44. The first-order valence-electron chi connectivity index (χ1n) is 8.49. The fraction of sp³-hybridized carbons (Fsp3) is 0.312. The third-order valence-corrected chi connectivity index (χ3v) is 4.96. The largest absolute Gasteiger partial charge is 0.429 e. The van der Waals surface area contributed by atoms with Crippen molar-refractivity contribution in [2.75, 3.05) is 6.61 Å². The van der Waals surface area contributed by atoms with Gasteiger partial charge in [0.2, 0.25) is 5.72 Å². The van der Waals surface area contributed by atoms with E-state index in [1.54, 1.807) is 0 Å². The van der Waals surface area contributed by atoms with E-state index in [9.17, 15) is 24.4 Å². The molecule has 1 saturated heterocycles. The normalized spacial score (nSPS) is 25.3. The van der Waals surface area contributed by atoms with E-state index in [0.717, 1.165) is 16.8 Å². The molecule has 1 unspecified atom stereocenters. The number of rotatable bonds is 7. The van der Waals surface area contributed by atoms with Crippen LogP contribution in [0.25, 0.3) is 10.4 Å². The predicted octanol–water partition coefficient (Wildman–Crippen LogP) is 0.418. The molecule has 31 heavy (non-hydrogen) atoms. The molecule has 161 valence electrons. The van der Waals surface area contributed by atoms with Gasteiger partial charge in [0.05, 0.1) is 11.6 Å². The lowest BCUT2D eigenvalue weighted by Gasteiger charge is -2.25. The number of aromatic nitrogens is 2. The van der Waals surface area contributed by atoms with Gasteiger partial charge in [-0.3, -0.25) is 18.9 Å². The van der Waals surface area contributed by atoms with Crippen LogP contribution in [-0.4, -0.2) is 44.3 Å². The van der Waals surface area contributed by atoms with Gasteiger partial charge in [-0.25, -0.2) is 9.36 Å². The molecule has 0 saturated carbocycles. The summed E-state index contributed by atoms with van der Waals surface area (Å²) in [4.78, 5) is 27.7. The number of benzene rings is 1. The van der Waals surface area contributed by atoms with Gasteiger partial charge >= 0.3 is 13.9 Å². The fourth-order valence-electron chi connectivity index (χ4n) is 2.81. The molecule has 1 aromatic carbocycles. The highest BCUT2D eigenvalue weighted by atomic mass is 31.1. The first-order chi connectivity index (χ1) is 14.8. The van der Waals surface area contributed by atoms with Crippen LogP contribution in [0.15, 0.2) is 51.2 Å². The summed E-state index contributed by atoms with van der Waals surface area (Å²) in [6, 6.07) is 8.58. The Morgan fingerprint density at radius 2 is 2.19 bits per heavy atom. The van der Waals surface area contributed by atoms with Crippen molar-refractivity contribution in [1.82, 2.24) is 9.55 Å². The third-order valence-electron chi connectivity index (χ3n) is 4.26. The van der Waals surface area contributed by atoms with Crippen molar-refractivity contribution in [2.45, 2.75) is 24.2 Å². The number of azide groups is 1. The summed E-state index contributed by atoms with van der Waals surface area (Å²) >= 11 is 0. The molecule has 2 aromatic rings. The molecule has 2 heterocycles. The standard InChI is InChI=1S/C16H14N6O8P/c17-7-9-2-1-3-10(6-9)30-31(27)28-8-16(20-21-18)13(25)12(24)14(29-16)22-5-4-11(23)19-15(22)26/h1-6,12-14,24-25H,8H2,(H,19,23,26)/t12-,13+,14-,16-/m1/s1. The summed E-state index contributed by atoms with van der Waals surface area (Å²) in [5.74, 6) is 0.0589. The molecule has 0 bridgehead atoms. The van der Waals surface area contributed by atoms with Gasteiger partial charge in [-0.15, -0.1) is 0 Å². The van der Waals surface area contributed by atoms with E-state index in [4.69, 9.17) is 24.6 Å². The highest BCUT2D eigenvalue weighted by molar-refractivity contribution is 7.33. The van der Waals surface area contributed by atoms with Crippen LogP contribution in [0.1, 0.15) is 11.8 Å². The molecule has 15 heteroatoms. The van der Waals surface area contributed by atoms with Crippen LogP contribution >= 0.6 is 8.25 Å². The maximum atomic E-state index is 12.1. The second-order valence-electron chi connectivity index (χ2n) is 6.22. The smallest absolute Gasteiger partial charge is 0.397 e. The number of aliphatic hydroxyl groups is 2. The number of hydrogen-bond donors (Lipinski definition) is 3. The monoisotopic (exact) mass is 449 g/mol. The van der Waals surface area contributed by atoms with Gasteiger partial charge in [-0.05, 0) is 23.7 Å². The topological polar surface area (TPSA) is 213 Å². The Bertz CT molecular complexity index is 1200. The summed E-state index contributed by atoms with van der Waals surface area (Å²) in [6.07, 6.45) is -4.21. The van der Waals surface area contributed by atoms with Crippen molar-refractivity contribution in [3.8, 4) is 11.8 Å². The quantitative estimate of drug-likeness (QED) is 0.231. The Morgan fingerprint density at radius 1 is 1.42 bits per heavy atom. The lowest BCUT2D eigenvalue weighted by atomic mass is 10.1. The van der Waals surface area contributed by atoms with Crippen molar-refractivity contribution in [3.05, 3.63) is 73.4 Å². The van der Waals surface area contributed by atoms with E-state index < -0.39 is 50.3 Å². The molecule has 1 aromatic heterocycles. The molecule has 1 aliphatic heterocycles. The molecular weight excluding hydrogens is 435 g/mol. The number of H-pyrrole nitrogens is 1. The van der Waals surface area contributed by atoms with E-state index in [1.807, 2.05) is 11.1 Å². The van der Waals surface area contributed by atoms with Crippen LogP contribution in [0, 0.1) is 11.3 Å². The van der Waals surface area contributed by atoms with Crippen molar-refractivity contribution in [2.24, 2.45) is 5.11 Å². The van der Waals surface area contributed by atoms with Gasteiger partial charge in [-0.1, -0.05) is 11.2 Å². The Morgan fingerprint density at radius 3 is 2.87 bits per heavy atom. The zero-order valence-corrected chi connectivity index (χ0v) is 16.3. The van der Waals surface area contributed by atoms with Crippen LogP contribution in [0.2, 0.25) is 0 Å².